The molecule has 0 saturated carbocycles. The van der Waals surface area contributed by atoms with Crippen LogP contribution in [0.3, 0.4) is 0 Å². The highest BCUT2D eigenvalue weighted by Gasteiger charge is 2.87. The first kappa shape index (κ1) is 21.2. The summed E-state index contributed by atoms with van der Waals surface area (Å²) in [5.74, 6) is -35.4. The van der Waals surface area contributed by atoms with Crippen molar-refractivity contribution in [3.8, 4) is 0 Å². The van der Waals surface area contributed by atoms with E-state index in [4.69, 9.17) is 5.73 Å². The summed E-state index contributed by atoms with van der Waals surface area (Å²) in [5, 5.41) is 0. The summed E-state index contributed by atoms with van der Waals surface area (Å²) in [6.45, 7) is 0. The Morgan fingerprint density at radius 2 is 1.20 bits per heavy atom. The summed E-state index contributed by atoms with van der Waals surface area (Å²) in [6.07, 6.45) is -5.52. The molecule has 1 rings (SSSR count). The van der Waals surface area contributed by atoms with Crippen molar-refractivity contribution in [1.29, 1.82) is 0 Å². The first-order chi connectivity index (χ1) is 10.9. The first-order valence-corrected chi connectivity index (χ1v) is 5.97. The lowest BCUT2D eigenvalue weighted by Crippen LogP contribution is -2.67. The van der Waals surface area contributed by atoms with Gasteiger partial charge in [-0.25, -0.2) is 8.78 Å². The van der Waals surface area contributed by atoms with E-state index in [1.165, 1.54) is 0 Å². The normalized spacial score (nSPS) is 14.9. The van der Waals surface area contributed by atoms with Crippen molar-refractivity contribution in [2.24, 2.45) is 0 Å². The minimum absolute atomic E-state index is 0.00733. The molecule has 144 valence electrons. The summed E-state index contributed by atoms with van der Waals surface area (Å²) >= 11 is 0. The molecule has 0 aliphatic heterocycles. The van der Waals surface area contributed by atoms with Gasteiger partial charge < -0.3 is 5.73 Å². The quantitative estimate of drug-likeness (QED) is 0.524. The first-order valence-electron chi connectivity index (χ1n) is 5.97. The topological polar surface area (TPSA) is 26.0 Å². The third kappa shape index (κ3) is 2.86. The molecular weight excluding hydrogens is 386 g/mol. The fourth-order valence-electron chi connectivity index (χ4n) is 1.66. The van der Waals surface area contributed by atoms with Gasteiger partial charge in [0.1, 0.15) is 0 Å². The molecule has 13 heteroatoms. The Bertz CT molecular complexity index is 624. The van der Waals surface area contributed by atoms with Gasteiger partial charge in [0, 0.05) is 11.3 Å². The van der Waals surface area contributed by atoms with E-state index in [1.54, 1.807) is 0 Å². The van der Waals surface area contributed by atoms with Gasteiger partial charge in [-0.2, -0.15) is 43.9 Å². The lowest BCUT2D eigenvalue weighted by molar-refractivity contribution is -0.415. The number of halogens is 12. The summed E-state index contributed by atoms with van der Waals surface area (Å²) < 4.78 is 156. The van der Waals surface area contributed by atoms with Gasteiger partial charge in [0.15, 0.2) is 0 Å². The molecule has 0 heterocycles. The third-order valence-electron chi connectivity index (χ3n) is 3.12. The van der Waals surface area contributed by atoms with E-state index in [9.17, 15) is 52.7 Å². The molecule has 1 aromatic rings. The molecule has 0 aliphatic rings. The molecule has 0 unspecified atom stereocenters. The molecule has 1 aromatic carbocycles. The summed E-state index contributed by atoms with van der Waals surface area (Å²) in [4.78, 5) is 0. The van der Waals surface area contributed by atoms with Crippen LogP contribution in [-0.4, -0.2) is 30.1 Å². The lowest BCUT2D eigenvalue weighted by Gasteiger charge is -2.39. The van der Waals surface area contributed by atoms with E-state index in [-0.39, 0.29) is 12.1 Å². The number of anilines is 1. The van der Waals surface area contributed by atoms with Crippen LogP contribution in [0.1, 0.15) is 5.56 Å². The summed E-state index contributed by atoms with van der Waals surface area (Å²) in [5.41, 5.74) is 2.30. The van der Waals surface area contributed by atoms with Crippen LogP contribution in [0.15, 0.2) is 24.3 Å². The number of hydrogen-bond donors (Lipinski definition) is 1. The minimum atomic E-state index is -7.55. The molecule has 0 saturated heterocycles. The molecule has 0 radical (unpaired) electrons. The second-order valence-electron chi connectivity index (χ2n) is 4.85. The minimum Gasteiger partial charge on any atom is -0.399 e. The van der Waals surface area contributed by atoms with Crippen molar-refractivity contribution in [2.45, 2.75) is 36.0 Å². The third-order valence-corrected chi connectivity index (χ3v) is 3.12. The summed E-state index contributed by atoms with van der Waals surface area (Å²) in [7, 11) is 0. The fourth-order valence-corrected chi connectivity index (χ4v) is 1.66. The average Bonchev–Trinajstić information content (AvgIpc) is 2.46. The van der Waals surface area contributed by atoms with Gasteiger partial charge in [-0.15, -0.1) is 0 Å². The maximum absolute atomic E-state index is 13.7. The molecule has 0 spiro atoms. The Morgan fingerprint density at radius 1 is 0.720 bits per heavy atom. The van der Waals surface area contributed by atoms with Crippen molar-refractivity contribution in [1.82, 2.24) is 0 Å². The number of rotatable bonds is 6. The van der Waals surface area contributed by atoms with Crippen LogP contribution in [0.25, 0.3) is 0 Å². The van der Waals surface area contributed by atoms with Crippen LogP contribution in [0.4, 0.5) is 58.4 Å². The van der Waals surface area contributed by atoms with E-state index < -0.39 is 47.3 Å². The average molecular weight is 393 g/mol. The molecule has 0 bridgehead atoms. The molecular formula is C12H7F12N. The Kier molecular flexibility index (Phi) is 4.98. The van der Waals surface area contributed by atoms with Crippen LogP contribution >= 0.6 is 0 Å². The largest absolute Gasteiger partial charge is 0.399 e. The fraction of sp³-hybridized carbons (Fsp3) is 0.500. The maximum Gasteiger partial charge on any atom is 0.385 e. The zero-order valence-electron chi connectivity index (χ0n) is 11.5. The van der Waals surface area contributed by atoms with Crippen LogP contribution < -0.4 is 5.73 Å². The molecule has 25 heavy (non-hydrogen) atoms. The standard InChI is InChI=1S/C12H7F12N/c13-7(14)9(17,18)11(21,22)12(23,24)10(19,20)8(15,16)5-2-1-3-6(25)4-5/h1-4,7H,25H2. The van der Waals surface area contributed by atoms with Gasteiger partial charge in [0.05, 0.1) is 0 Å². The Balaban J connectivity index is 3.53. The monoisotopic (exact) mass is 393 g/mol. The van der Waals surface area contributed by atoms with E-state index in [0.717, 1.165) is 6.07 Å². The highest BCUT2D eigenvalue weighted by Crippen LogP contribution is 2.60. The maximum atomic E-state index is 13.7. The highest BCUT2D eigenvalue weighted by atomic mass is 19.4. The number of alkyl halides is 12. The Morgan fingerprint density at radius 3 is 1.60 bits per heavy atom. The SMILES string of the molecule is Nc1cccc(C(F)(F)C(F)(F)C(F)(F)C(F)(F)C(F)(F)C(F)F)c1. The molecule has 0 amide bonds. The molecule has 2 N–H and O–H groups in total. The predicted molar refractivity (Wildman–Crippen MR) is 60.5 cm³/mol. The van der Waals surface area contributed by atoms with E-state index in [2.05, 4.69) is 0 Å². The smallest absolute Gasteiger partial charge is 0.385 e. The van der Waals surface area contributed by atoms with Crippen molar-refractivity contribution < 1.29 is 52.7 Å². The zero-order chi connectivity index (χ0) is 20.1. The van der Waals surface area contributed by atoms with E-state index >= 15 is 0 Å². The van der Waals surface area contributed by atoms with Crippen LogP contribution in [-0.2, 0) is 5.92 Å². The van der Waals surface area contributed by atoms with Crippen LogP contribution in [0.5, 0.6) is 0 Å². The molecule has 0 aliphatic carbocycles. The van der Waals surface area contributed by atoms with Gasteiger partial charge in [0.2, 0.25) is 0 Å². The second kappa shape index (κ2) is 5.87. The van der Waals surface area contributed by atoms with Crippen molar-refractivity contribution in [2.75, 3.05) is 5.73 Å². The number of nitrogen functional groups attached to an aromatic ring is 1. The van der Waals surface area contributed by atoms with Gasteiger partial charge in [-0.1, -0.05) is 12.1 Å². The van der Waals surface area contributed by atoms with Gasteiger partial charge in [-0.3, -0.25) is 0 Å². The Hall–Kier alpha value is -1.82. The highest BCUT2D eigenvalue weighted by molar-refractivity contribution is 5.43. The zero-order valence-corrected chi connectivity index (χ0v) is 11.5. The second-order valence-corrected chi connectivity index (χ2v) is 4.85. The summed E-state index contributed by atoms with van der Waals surface area (Å²) in [6, 6.07) is 1.51. The predicted octanol–water partition coefficient (Wildman–Crippen LogP) is 5.17. The van der Waals surface area contributed by atoms with Crippen LogP contribution in [0, 0.1) is 0 Å². The van der Waals surface area contributed by atoms with Crippen molar-refractivity contribution in [3.63, 3.8) is 0 Å². The molecule has 0 aromatic heterocycles. The number of benzene rings is 1. The van der Waals surface area contributed by atoms with E-state index in [1.807, 2.05) is 0 Å². The van der Waals surface area contributed by atoms with Gasteiger partial charge in [0.25, 0.3) is 0 Å². The van der Waals surface area contributed by atoms with Gasteiger partial charge in [-0.05, 0) is 12.1 Å². The van der Waals surface area contributed by atoms with Crippen molar-refractivity contribution in [3.05, 3.63) is 29.8 Å². The molecule has 0 atom stereocenters. The number of hydrogen-bond acceptors (Lipinski definition) is 1. The molecule has 0 fully saturated rings. The van der Waals surface area contributed by atoms with Crippen molar-refractivity contribution >= 4 is 5.69 Å². The number of nitrogens with two attached hydrogens (primary N) is 1. The van der Waals surface area contributed by atoms with E-state index in [0.29, 0.717) is 6.07 Å². The molecule has 1 nitrogen and oxygen atoms in total. The van der Waals surface area contributed by atoms with Crippen LogP contribution in [0.2, 0.25) is 0 Å². The lowest BCUT2D eigenvalue weighted by atomic mass is 9.91. The van der Waals surface area contributed by atoms with Gasteiger partial charge >= 0.3 is 36.0 Å². The Labute approximate surface area is 131 Å².